The second kappa shape index (κ2) is 10.6. The Bertz CT molecular complexity index is 1170. The number of hydrogen-bond donors (Lipinski definition) is 1. The number of aromatic amines is 1. The van der Waals surface area contributed by atoms with Crippen LogP contribution in [-0.2, 0) is 14.3 Å². The van der Waals surface area contributed by atoms with E-state index in [2.05, 4.69) is 32.0 Å². The number of carbonyl (C=O) groups is 1. The van der Waals surface area contributed by atoms with Gasteiger partial charge in [0, 0.05) is 55.0 Å². The van der Waals surface area contributed by atoms with Gasteiger partial charge in [-0.25, -0.2) is 4.79 Å². The maximum atomic E-state index is 12.4. The van der Waals surface area contributed by atoms with Gasteiger partial charge in [0.1, 0.15) is 18.9 Å². The number of rotatable bonds is 7. The van der Waals surface area contributed by atoms with Crippen LogP contribution in [0.15, 0.2) is 51.2 Å². The number of anilines is 1. The molecule has 2 saturated heterocycles. The monoisotopic (exact) mass is 469 g/mol. The van der Waals surface area contributed by atoms with E-state index in [-0.39, 0.29) is 19.6 Å². The Hall–Kier alpha value is -3.60. The van der Waals surface area contributed by atoms with Crippen LogP contribution in [0.5, 0.6) is 0 Å². The molecule has 3 heterocycles. The Balaban J connectivity index is 1.29. The summed E-state index contributed by atoms with van der Waals surface area (Å²) in [5.74, 6) is -0.392. The molecule has 12 nitrogen and oxygen atoms in total. The summed E-state index contributed by atoms with van der Waals surface area (Å²) in [6, 6.07) is 9.53. The second-order valence-electron chi connectivity index (χ2n) is 8.40. The van der Waals surface area contributed by atoms with Crippen molar-refractivity contribution < 1.29 is 14.3 Å². The predicted octanol–water partition coefficient (Wildman–Crippen LogP) is 1.18. The van der Waals surface area contributed by atoms with E-state index < -0.39 is 35.6 Å². The normalized spacial score (nSPS) is 22.9. The summed E-state index contributed by atoms with van der Waals surface area (Å²) in [5.41, 5.74) is 9.33. The van der Waals surface area contributed by atoms with E-state index in [0.717, 1.165) is 26.2 Å². The summed E-state index contributed by atoms with van der Waals surface area (Å²) in [6.45, 7) is 4.74. The van der Waals surface area contributed by atoms with Crippen LogP contribution in [0.4, 0.5) is 5.69 Å². The minimum absolute atomic E-state index is 0.0971. The molecule has 0 bridgehead atoms. The highest BCUT2D eigenvalue weighted by Gasteiger charge is 2.37. The van der Waals surface area contributed by atoms with Crippen molar-refractivity contribution in [3.8, 4) is 0 Å². The topological polar surface area (TPSA) is 146 Å². The van der Waals surface area contributed by atoms with E-state index in [0.29, 0.717) is 5.56 Å². The summed E-state index contributed by atoms with van der Waals surface area (Å²) in [6.07, 6.45) is 0.189. The van der Waals surface area contributed by atoms with Gasteiger partial charge in [0.2, 0.25) is 0 Å². The fourth-order valence-electron chi connectivity index (χ4n) is 4.23. The zero-order valence-corrected chi connectivity index (χ0v) is 18.9. The van der Waals surface area contributed by atoms with Gasteiger partial charge in [-0.1, -0.05) is 23.3 Å². The summed E-state index contributed by atoms with van der Waals surface area (Å²) < 4.78 is 12.6. The van der Waals surface area contributed by atoms with Crippen molar-refractivity contribution in [2.45, 2.75) is 31.7 Å². The summed E-state index contributed by atoms with van der Waals surface area (Å²) in [7, 11) is 0. The van der Waals surface area contributed by atoms with E-state index in [4.69, 9.17) is 15.0 Å². The van der Waals surface area contributed by atoms with Crippen LogP contribution in [0.25, 0.3) is 10.4 Å². The van der Waals surface area contributed by atoms with Crippen LogP contribution in [-0.4, -0.2) is 71.9 Å². The molecule has 0 spiro atoms. The quantitative estimate of drug-likeness (QED) is 0.277. The molecule has 34 heavy (non-hydrogen) atoms. The van der Waals surface area contributed by atoms with Gasteiger partial charge >= 0.3 is 11.7 Å². The minimum atomic E-state index is -0.742. The Kier molecular flexibility index (Phi) is 7.31. The molecule has 2 aliphatic rings. The fourth-order valence-corrected chi connectivity index (χ4v) is 4.23. The molecule has 0 aliphatic carbocycles. The largest absolute Gasteiger partial charge is 0.462 e. The van der Waals surface area contributed by atoms with E-state index in [9.17, 15) is 14.4 Å². The van der Waals surface area contributed by atoms with E-state index in [1.807, 2.05) is 23.1 Å². The van der Waals surface area contributed by atoms with Crippen molar-refractivity contribution >= 4 is 11.7 Å². The van der Waals surface area contributed by atoms with Gasteiger partial charge in [0.05, 0.1) is 12.6 Å². The Morgan fingerprint density at radius 1 is 1.24 bits per heavy atom. The maximum Gasteiger partial charge on any atom is 0.330 e. The Labute approximate surface area is 195 Å². The van der Waals surface area contributed by atoms with Crippen LogP contribution in [0.2, 0.25) is 0 Å². The Morgan fingerprint density at radius 2 is 1.97 bits per heavy atom. The zero-order valence-electron chi connectivity index (χ0n) is 18.9. The molecule has 180 valence electrons. The first-order valence-corrected chi connectivity index (χ1v) is 11.1. The predicted molar refractivity (Wildman–Crippen MR) is 124 cm³/mol. The molecular weight excluding hydrogens is 442 g/mol. The lowest BCUT2D eigenvalue weighted by molar-refractivity contribution is -0.150. The van der Waals surface area contributed by atoms with Gasteiger partial charge < -0.3 is 14.4 Å². The van der Waals surface area contributed by atoms with Gasteiger partial charge in [0.25, 0.3) is 5.56 Å². The summed E-state index contributed by atoms with van der Waals surface area (Å²) in [4.78, 5) is 45.6. The number of nitrogens with one attached hydrogen (secondary N) is 1. The number of H-pyrrole nitrogens is 1. The first kappa shape index (κ1) is 23.6. The molecule has 1 aromatic heterocycles. The molecule has 2 aromatic rings. The van der Waals surface area contributed by atoms with Crippen LogP contribution in [0.1, 0.15) is 18.2 Å². The zero-order chi connectivity index (χ0) is 24.1. The first-order valence-electron chi connectivity index (χ1n) is 11.1. The van der Waals surface area contributed by atoms with Crippen LogP contribution < -0.4 is 16.1 Å². The molecule has 12 heteroatoms. The van der Waals surface area contributed by atoms with Crippen LogP contribution >= 0.6 is 0 Å². The smallest absolute Gasteiger partial charge is 0.330 e. The highest BCUT2D eigenvalue weighted by Crippen LogP contribution is 2.30. The molecule has 0 saturated carbocycles. The lowest BCUT2D eigenvalue weighted by Crippen LogP contribution is -2.48. The van der Waals surface area contributed by atoms with E-state index >= 15 is 0 Å². The lowest BCUT2D eigenvalue weighted by atomic mass is 10.1. The van der Waals surface area contributed by atoms with Crippen molar-refractivity contribution in [1.29, 1.82) is 0 Å². The maximum absolute atomic E-state index is 12.4. The highest BCUT2D eigenvalue weighted by atomic mass is 16.6. The van der Waals surface area contributed by atoms with Gasteiger partial charge in [0.15, 0.2) is 0 Å². The third-order valence-corrected chi connectivity index (χ3v) is 6.12. The second-order valence-corrected chi connectivity index (χ2v) is 8.40. The van der Waals surface area contributed by atoms with Crippen molar-refractivity contribution in [3.05, 3.63) is 73.4 Å². The number of aromatic nitrogens is 2. The van der Waals surface area contributed by atoms with Gasteiger partial charge in [-0.15, -0.1) is 0 Å². The molecule has 1 N–H and O–H groups in total. The number of azide groups is 1. The average molecular weight is 470 g/mol. The number of aryl methyl sites for hydroxylation is 1. The number of piperazine rings is 1. The third kappa shape index (κ3) is 5.48. The molecule has 0 radical (unpaired) electrons. The standard InChI is InChI=1S/C22H27N7O5/c1-15-12-29(22(32)24-21(15)31)19-11-17(25-26-23)18(34-19)14-33-20(30)13-27-7-9-28(10-8-27)16-5-3-2-4-6-16/h2-6,12,17-19H,7-11,13-14H2,1H3,(H,24,31,32)/t17-,18+,19+/m0/s1. The first-order chi connectivity index (χ1) is 16.4. The summed E-state index contributed by atoms with van der Waals surface area (Å²) >= 11 is 0. The lowest BCUT2D eigenvalue weighted by Gasteiger charge is -2.35. The minimum Gasteiger partial charge on any atom is -0.462 e. The number of hydrogen-bond acceptors (Lipinski definition) is 8. The molecule has 0 amide bonds. The van der Waals surface area contributed by atoms with Crippen LogP contribution in [0.3, 0.4) is 0 Å². The molecular formula is C22H27N7O5. The van der Waals surface area contributed by atoms with Crippen molar-refractivity contribution in [3.63, 3.8) is 0 Å². The molecule has 2 fully saturated rings. The fraction of sp³-hybridized carbons (Fsp3) is 0.500. The molecule has 4 rings (SSSR count). The van der Waals surface area contributed by atoms with E-state index in [1.165, 1.54) is 16.5 Å². The SMILES string of the molecule is Cc1cn([C@H]2C[C@H](N=[N+]=[N-])[C@@H](COC(=O)CN3CCN(c4ccccc4)CC3)O2)c(=O)[nH]c1=O. The van der Waals surface area contributed by atoms with Crippen molar-refractivity contribution in [2.24, 2.45) is 5.11 Å². The average Bonchev–Trinajstić information content (AvgIpc) is 3.24. The van der Waals surface area contributed by atoms with E-state index in [1.54, 1.807) is 6.92 Å². The van der Waals surface area contributed by atoms with Crippen LogP contribution in [0, 0.1) is 6.92 Å². The number of nitrogens with zero attached hydrogens (tertiary/aromatic N) is 6. The third-order valence-electron chi connectivity index (χ3n) is 6.12. The number of benzene rings is 1. The van der Waals surface area contributed by atoms with Gasteiger partial charge in [-0.05, 0) is 24.6 Å². The number of carbonyl (C=O) groups excluding carboxylic acids is 1. The van der Waals surface area contributed by atoms with Crippen molar-refractivity contribution in [2.75, 3.05) is 44.2 Å². The molecule has 0 unspecified atom stereocenters. The number of ether oxygens (including phenoxy) is 2. The summed E-state index contributed by atoms with van der Waals surface area (Å²) in [5, 5.41) is 3.74. The van der Waals surface area contributed by atoms with Gasteiger partial charge in [-0.3, -0.25) is 24.0 Å². The Morgan fingerprint density at radius 3 is 2.68 bits per heavy atom. The molecule has 3 atom stereocenters. The van der Waals surface area contributed by atoms with Crippen molar-refractivity contribution in [1.82, 2.24) is 14.5 Å². The highest BCUT2D eigenvalue weighted by molar-refractivity contribution is 5.71. The number of esters is 1. The number of para-hydroxylation sites is 1. The molecule has 2 aliphatic heterocycles. The molecule has 1 aromatic carbocycles. The van der Waals surface area contributed by atoms with Gasteiger partial charge in [-0.2, -0.15) is 0 Å².